The number of hydrogen-bond acceptors (Lipinski definition) is 5. The predicted octanol–water partition coefficient (Wildman–Crippen LogP) is 16.5. The van der Waals surface area contributed by atoms with E-state index in [2.05, 4.69) is 88.4 Å². The zero-order valence-corrected chi connectivity index (χ0v) is 40.2. The van der Waals surface area contributed by atoms with E-state index in [-0.39, 0.29) is 0 Å². The number of ether oxygens (including phenoxy) is 1. The second kappa shape index (κ2) is 30.1. The van der Waals surface area contributed by atoms with Crippen LogP contribution in [0, 0.1) is 69.0 Å². The van der Waals surface area contributed by atoms with Crippen LogP contribution < -0.4 is 0 Å². The Bertz CT molecular complexity index is 1760. The van der Waals surface area contributed by atoms with Crippen LogP contribution in [0.2, 0.25) is 0 Å². The van der Waals surface area contributed by atoms with Crippen molar-refractivity contribution in [2.45, 2.75) is 207 Å². The van der Waals surface area contributed by atoms with Crippen molar-refractivity contribution in [1.82, 2.24) is 0 Å². The SMILES string of the molecule is CCCCCCCC1CCC(C(=CCOCC=C(c2ccc(CCCCC)c(C#N)c2C#N)C2CCC(CCCCCCC)CC2)c2ccc(CCCCC)c(C#N)c2C#N)CC1. The Kier molecular flexibility index (Phi) is 24.6. The summed E-state index contributed by atoms with van der Waals surface area (Å²) in [6, 6.07) is 18.3. The summed E-state index contributed by atoms with van der Waals surface area (Å²) in [6.07, 6.45) is 37.5. The van der Waals surface area contributed by atoms with Gasteiger partial charge < -0.3 is 4.74 Å². The summed E-state index contributed by atoms with van der Waals surface area (Å²) >= 11 is 0. The molecule has 0 N–H and O–H groups in total. The molecule has 0 aliphatic heterocycles. The summed E-state index contributed by atoms with van der Waals surface area (Å²) in [5.74, 6) is 2.17. The quantitative estimate of drug-likeness (QED) is 0.0793. The van der Waals surface area contributed by atoms with E-state index in [1.54, 1.807) is 0 Å². The van der Waals surface area contributed by atoms with Gasteiger partial charge in [-0.2, -0.15) is 21.0 Å². The van der Waals surface area contributed by atoms with Crippen LogP contribution in [0.1, 0.15) is 239 Å². The van der Waals surface area contributed by atoms with Gasteiger partial charge in [-0.15, -0.1) is 0 Å². The maximum absolute atomic E-state index is 10.6. The number of unbranched alkanes of at least 4 members (excludes halogenated alkanes) is 12. The molecule has 0 atom stereocenters. The Morgan fingerprint density at radius 1 is 0.460 bits per heavy atom. The molecule has 2 fully saturated rings. The molecule has 2 saturated carbocycles. The molecule has 5 nitrogen and oxygen atoms in total. The van der Waals surface area contributed by atoms with Gasteiger partial charge in [0.1, 0.15) is 24.3 Å². The van der Waals surface area contributed by atoms with Gasteiger partial charge in [-0.3, -0.25) is 0 Å². The molecule has 0 amide bonds. The highest BCUT2D eigenvalue weighted by molar-refractivity contribution is 5.77. The molecule has 4 rings (SSSR count). The fourth-order valence-electron chi connectivity index (χ4n) is 10.8. The molecule has 0 aromatic heterocycles. The zero-order valence-electron chi connectivity index (χ0n) is 40.2. The number of rotatable bonds is 28. The molecule has 0 heterocycles. The van der Waals surface area contributed by atoms with Gasteiger partial charge in [-0.1, -0.05) is 167 Å². The third-order valence-corrected chi connectivity index (χ3v) is 14.6. The van der Waals surface area contributed by atoms with Crippen LogP contribution in [0.3, 0.4) is 0 Å². The largest absolute Gasteiger partial charge is 0.373 e. The normalized spacial score (nSPS) is 19.2. The third kappa shape index (κ3) is 16.1. The minimum atomic E-state index is 0.320. The van der Waals surface area contributed by atoms with E-state index < -0.39 is 0 Å². The van der Waals surface area contributed by atoms with Crippen LogP contribution >= 0.6 is 0 Å². The first-order valence-electron chi connectivity index (χ1n) is 25.9. The molecule has 63 heavy (non-hydrogen) atoms. The summed E-state index contributed by atoms with van der Waals surface area (Å²) in [5.41, 5.74) is 8.21. The smallest absolute Gasteiger partial charge is 0.101 e. The van der Waals surface area contributed by atoms with Crippen LogP contribution in [0.25, 0.3) is 11.1 Å². The van der Waals surface area contributed by atoms with Gasteiger partial charge in [-0.05, 0) is 134 Å². The predicted molar refractivity (Wildman–Crippen MR) is 263 cm³/mol. The second-order valence-electron chi connectivity index (χ2n) is 19.1. The zero-order chi connectivity index (χ0) is 45.1. The Morgan fingerprint density at radius 2 is 0.810 bits per heavy atom. The molecule has 0 bridgehead atoms. The molecule has 0 spiro atoms. The van der Waals surface area contributed by atoms with Gasteiger partial charge in [0.25, 0.3) is 0 Å². The summed E-state index contributed by atoms with van der Waals surface area (Å²) in [4.78, 5) is 0. The Morgan fingerprint density at radius 3 is 1.16 bits per heavy atom. The lowest BCUT2D eigenvalue weighted by atomic mass is 9.74. The van der Waals surface area contributed by atoms with E-state index in [9.17, 15) is 21.0 Å². The third-order valence-electron chi connectivity index (χ3n) is 14.6. The Labute approximate surface area is 385 Å². The summed E-state index contributed by atoms with van der Waals surface area (Å²) < 4.78 is 6.52. The number of aryl methyl sites for hydroxylation is 2. The van der Waals surface area contributed by atoms with Crippen LogP contribution in [0.5, 0.6) is 0 Å². The summed E-state index contributed by atoms with van der Waals surface area (Å²) in [6.45, 7) is 9.73. The molecule has 340 valence electrons. The highest BCUT2D eigenvalue weighted by Crippen LogP contribution is 2.43. The van der Waals surface area contributed by atoms with Crippen molar-refractivity contribution in [3.05, 3.63) is 80.9 Å². The minimum absolute atomic E-state index is 0.320. The van der Waals surface area contributed by atoms with Gasteiger partial charge in [-0.25, -0.2) is 0 Å². The highest BCUT2D eigenvalue weighted by Gasteiger charge is 2.29. The Hall–Kier alpha value is -4.16. The topological polar surface area (TPSA) is 104 Å². The molecule has 0 unspecified atom stereocenters. The summed E-state index contributed by atoms with van der Waals surface area (Å²) in [5, 5.41) is 42.0. The van der Waals surface area contributed by atoms with E-state index in [0.29, 0.717) is 47.3 Å². The van der Waals surface area contributed by atoms with E-state index in [0.717, 1.165) is 122 Å². The fourth-order valence-corrected chi connectivity index (χ4v) is 10.8. The average Bonchev–Trinajstić information content (AvgIpc) is 3.31. The maximum Gasteiger partial charge on any atom is 0.101 e. The van der Waals surface area contributed by atoms with Crippen LogP contribution in [-0.2, 0) is 17.6 Å². The van der Waals surface area contributed by atoms with E-state index in [1.807, 2.05) is 0 Å². The lowest BCUT2D eigenvalue weighted by Gasteiger charge is -2.31. The van der Waals surface area contributed by atoms with Crippen molar-refractivity contribution in [2.24, 2.45) is 23.7 Å². The van der Waals surface area contributed by atoms with E-state index in [1.165, 1.54) is 103 Å². The first-order valence-corrected chi connectivity index (χ1v) is 25.9. The van der Waals surface area contributed by atoms with Crippen molar-refractivity contribution in [3.63, 3.8) is 0 Å². The van der Waals surface area contributed by atoms with E-state index >= 15 is 0 Å². The molecule has 2 aliphatic carbocycles. The fraction of sp³-hybridized carbons (Fsp3) is 0.655. The first-order chi connectivity index (χ1) is 31.0. The molecule has 5 heteroatoms. The number of nitriles is 4. The van der Waals surface area contributed by atoms with Crippen LogP contribution in [0.4, 0.5) is 0 Å². The average molecular weight is 851 g/mol. The molecule has 2 aromatic rings. The van der Waals surface area contributed by atoms with Crippen molar-refractivity contribution in [1.29, 1.82) is 21.0 Å². The molecule has 0 saturated heterocycles. The van der Waals surface area contributed by atoms with Crippen molar-refractivity contribution < 1.29 is 4.74 Å². The van der Waals surface area contributed by atoms with Crippen LogP contribution in [-0.4, -0.2) is 13.2 Å². The lowest BCUT2D eigenvalue weighted by molar-refractivity contribution is 0.193. The maximum atomic E-state index is 10.6. The number of hydrogen-bond donors (Lipinski definition) is 0. The molecular formula is C58H82N4O. The molecule has 0 radical (unpaired) electrons. The number of benzene rings is 2. The highest BCUT2D eigenvalue weighted by atomic mass is 16.5. The van der Waals surface area contributed by atoms with Gasteiger partial charge >= 0.3 is 0 Å². The van der Waals surface area contributed by atoms with Crippen molar-refractivity contribution >= 4 is 11.1 Å². The minimum Gasteiger partial charge on any atom is -0.373 e. The number of nitrogens with zero attached hydrogens (tertiary/aromatic N) is 4. The van der Waals surface area contributed by atoms with Crippen molar-refractivity contribution in [3.8, 4) is 24.3 Å². The standard InChI is InChI=1S/C58H82N4O/c1-5-9-13-15-19-21-45-25-29-49(30-26-45)51(53-35-33-47(23-17-11-7-3)55(41-59)57(53)43-61)37-39-63-40-38-52(50-31-27-46(28-32-50)22-20-16-14-10-6-2)54-36-34-48(24-18-12-8-4)56(42-60)58(54)44-62/h33-38,45-46,49-50H,5-32,39-40H2,1-4H3. The van der Waals surface area contributed by atoms with Gasteiger partial charge in [0.2, 0.25) is 0 Å². The Balaban J connectivity index is 1.61. The van der Waals surface area contributed by atoms with Gasteiger partial charge in [0.15, 0.2) is 0 Å². The van der Waals surface area contributed by atoms with Crippen LogP contribution in [0.15, 0.2) is 36.4 Å². The molecule has 2 aromatic carbocycles. The lowest BCUT2D eigenvalue weighted by Crippen LogP contribution is -2.17. The monoisotopic (exact) mass is 851 g/mol. The number of allylic oxidation sites excluding steroid dienone is 2. The first kappa shape index (κ1) is 51.5. The molecule has 2 aliphatic rings. The summed E-state index contributed by atoms with van der Waals surface area (Å²) in [7, 11) is 0. The van der Waals surface area contributed by atoms with Gasteiger partial charge in [0, 0.05) is 0 Å². The second-order valence-corrected chi connectivity index (χ2v) is 19.1. The van der Waals surface area contributed by atoms with Gasteiger partial charge in [0.05, 0.1) is 35.5 Å². The van der Waals surface area contributed by atoms with E-state index in [4.69, 9.17) is 4.74 Å². The van der Waals surface area contributed by atoms with Crippen molar-refractivity contribution in [2.75, 3.05) is 13.2 Å². The molecular weight excluding hydrogens is 769 g/mol.